The molecule has 0 heterocycles. The third-order valence-electron chi connectivity index (χ3n) is 3.54. The lowest BCUT2D eigenvalue weighted by atomic mass is 9.92. The van der Waals surface area contributed by atoms with Crippen LogP contribution in [-0.4, -0.2) is 18.0 Å². The second kappa shape index (κ2) is 9.30. The van der Waals surface area contributed by atoms with E-state index in [1.54, 1.807) is 0 Å². The highest BCUT2D eigenvalue weighted by Crippen LogP contribution is 2.25. The summed E-state index contributed by atoms with van der Waals surface area (Å²) < 4.78 is 0. The summed E-state index contributed by atoms with van der Waals surface area (Å²) in [6.45, 7) is 3.47. The van der Waals surface area contributed by atoms with Crippen LogP contribution < -0.4 is 5.32 Å². The van der Waals surface area contributed by atoms with E-state index in [1.165, 1.54) is 70.8 Å². The first kappa shape index (κ1) is 14.3. The van der Waals surface area contributed by atoms with E-state index >= 15 is 0 Å². The van der Waals surface area contributed by atoms with Crippen LogP contribution in [0.2, 0.25) is 0 Å². The number of halogens is 1. The van der Waals surface area contributed by atoms with E-state index in [-0.39, 0.29) is 0 Å². The molecule has 0 atom stereocenters. The molecule has 1 N–H and O–H groups in total. The van der Waals surface area contributed by atoms with Crippen LogP contribution in [0.3, 0.4) is 0 Å². The molecule has 16 heavy (non-hydrogen) atoms. The van der Waals surface area contributed by atoms with E-state index in [0.29, 0.717) is 5.38 Å². The predicted octanol–water partition coefficient (Wildman–Crippen LogP) is 4.49. The van der Waals surface area contributed by atoms with Gasteiger partial charge in [0.1, 0.15) is 0 Å². The van der Waals surface area contributed by atoms with Crippen LogP contribution in [0.5, 0.6) is 0 Å². The van der Waals surface area contributed by atoms with Crippen LogP contribution in [0.1, 0.15) is 71.1 Å². The summed E-state index contributed by atoms with van der Waals surface area (Å²) in [7, 11) is 0. The van der Waals surface area contributed by atoms with Gasteiger partial charge in [0, 0.05) is 11.4 Å². The zero-order chi connectivity index (χ0) is 11.6. The number of alkyl halides is 1. The van der Waals surface area contributed by atoms with Crippen molar-refractivity contribution >= 4 is 11.6 Å². The fourth-order valence-corrected chi connectivity index (χ4v) is 2.71. The smallest absolute Gasteiger partial charge is 0.0365 e. The van der Waals surface area contributed by atoms with Crippen LogP contribution in [0.4, 0.5) is 0 Å². The molecular weight excluding hydrogens is 218 g/mol. The Labute approximate surface area is 106 Å². The summed E-state index contributed by atoms with van der Waals surface area (Å²) in [5.74, 6) is 0. The molecule has 1 rings (SSSR count). The van der Waals surface area contributed by atoms with Crippen molar-refractivity contribution in [2.24, 2.45) is 0 Å². The molecule has 1 aliphatic rings. The van der Waals surface area contributed by atoms with Gasteiger partial charge in [-0.1, -0.05) is 51.9 Å². The highest BCUT2D eigenvalue weighted by Gasteiger charge is 2.25. The highest BCUT2D eigenvalue weighted by molar-refractivity contribution is 6.21. The molecule has 1 nitrogen and oxygen atoms in total. The van der Waals surface area contributed by atoms with Gasteiger partial charge in [-0.2, -0.15) is 0 Å². The fraction of sp³-hybridized carbons (Fsp3) is 1.00. The van der Waals surface area contributed by atoms with Crippen LogP contribution >= 0.6 is 11.6 Å². The summed E-state index contributed by atoms with van der Waals surface area (Å²) in [5.41, 5.74) is 0. The van der Waals surface area contributed by atoms with E-state index in [4.69, 9.17) is 11.6 Å². The molecule has 0 spiro atoms. The minimum absolute atomic E-state index is 0.455. The van der Waals surface area contributed by atoms with Gasteiger partial charge in [0.25, 0.3) is 0 Å². The SMILES string of the molecule is CCCCCCCCCCNC1CC(Cl)C1. The Morgan fingerprint density at radius 1 is 0.938 bits per heavy atom. The topological polar surface area (TPSA) is 12.0 Å². The summed E-state index contributed by atoms with van der Waals surface area (Å²) in [6.07, 6.45) is 13.6. The van der Waals surface area contributed by atoms with Gasteiger partial charge >= 0.3 is 0 Å². The molecule has 96 valence electrons. The number of hydrogen-bond donors (Lipinski definition) is 1. The van der Waals surface area contributed by atoms with Gasteiger partial charge < -0.3 is 5.32 Å². The molecule has 0 amide bonds. The van der Waals surface area contributed by atoms with Crippen molar-refractivity contribution in [3.05, 3.63) is 0 Å². The van der Waals surface area contributed by atoms with E-state index in [1.807, 2.05) is 0 Å². The number of unbranched alkanes of at least 4 members (excludes halogenated alkanes) is 7. The Kier molecular flexibility index (Phi) is 8.32. The van der Waals surface area contributed by atoms with Crippen molar-refractivity contribution in [2.75, 3.05) is 6.54 Å². The molecule has 0 unspecified atom stereocenters. The van der Waals surface area contributed by atoms with Gasteiger partial charge in [0.2, 0.25) is 0 Å². The standard InChI is InChI=1S/C14H28ClN/c1-2-3-4-5-6-7-8-9-10-16-14-11-13(15)12-14/h13-14,16H,2-12H2,1H3. The molecular formula is C14H28ClN. The van der Waals surface area contributed by atoms with E-state index in [2.05, 4.69) is 12.2 Å². The lowest BCUT2D eigenvalue weighted by molar-refractivity contribution is 0.343. The van der Waals surface area contributed by atoms with Crippen molar-refractivity contribution in [1.29, 1.82) is 0 Å². The maximum atomic E-state index is 5.93. The van der Waals surface area contributed by atoms with E-state index < -0.39 is 0 Å². The molecule has 0 aliphatic heterocycles. The Morgan fingerprint density at radius 2 is 1.50 bits per heavy atom. The van der Waals surface area contributed by atoms with E-state index in [9.17, 15) is 0 Å². The molecule has 0 aromatic rings. The summed E-state index contributed by atoms with van der Waals surface area (Å²) in [5, 5.41) is 4.03. The molecule has 1 saturated carbocycles. The summed E-state index contributed by atoms with van der Waals surface area (Å²) in [4.78, 5) is 0. The van der Waals surface area contributed by atoms with Crippen molar-refractivity contribution in [3.63, 3.8) is 0 Å². The highest BCUT2D eigenvalue weighted by atomic mass is 35.5. The Bertz CT molecular complexity index is 155. The third-order valence-corrected chi connectivity index (χ3v) is 3.90. The summed E-state index contributed by atoms with van der Waals surface area (Å²) >= 11 is 5.93. The van der Waals surface area contributed by atoms with E-state index in [0.717, 1.165) is 6.04 Å². The molecule has 2 heteroatoms. The van der Waals surface area contributed by atoms with Gasteiger partial charge in [0.15, 0.2) is 0 Å². The van der Waals surface area contributed by atoms with Gasteiger partial charge in [-0.3, -0.25) is 0 Å². The largest absolute Gasteiger partial charge is 0.314 e. The summed E-state index contributed by atoms with van der Waals surface area (Å²) in [6, 6.07) is 0.729. The van der Waals surface area contributed by atoms with Crippen molar-refractivity contribution in [2.45, 2.75) is 82.6 Å². The maximum absolute atomic E-state index is 5.93. The van der Waals surface area contributed by atoms with Gasteiger partial charge in [-0.25, -0.2) is 0 Å². The number of rotatable bonds is 10. The minimum atomic E-state index is 0.455. The molecule has 0 aromatic carbocycles. The van der Waals surface area contributed by atoms with Gasteiger partial charge in [-0.05, 0) is 25.8 Å². The normalized spacial score (nSPS) is 24.4. The molecule has 0 radical (unpaired) electrons. The molecule has 1 fully saturated rings. The molecule has 0 bridgehead atoms. The monoisotopic (exact) mass is 245 g/mol. The van der Waals surface area contributed by atoms with Crippen LogP contribution in [-0.2, 0) is 0 Å². The first-order valence-corrected chi connectivity index (χ1v) is 7.64. The van der Waals surface area contributed by atoms with Crippen LogP contribution in [0.15, 0.2) is 0 Å². The lowest BCUT2D eigenvalue weighted by Crippen LogP contribution is -2.42. The maximum Gasteiger partial charge on any atom is 0.0365 e. The first-order chi connectivity index (χ1) is 7.83. The minimum Gasteiger partial charge on any atom is -0.314 e. The second-order valence-corrected chi connectivity index (χ2v) is 5.81. The zero-order valence-electron chi connectivity index (χ0n) is 10.8. The van der Waals surface area contributed by atoms with Crippen LogP contribution in [0, 0.1) is 0 Å². The molecule has 0 aromatic heterocycles. The average Bonchev–Trinajstić information content (AvgIpc) is 2.24. The van der Waals surface area contributed by atoms with Gasteiger partial charge in [-0.15, -0.1) is 11.6 Å². The lowest BCUT2D eigenvalue weighted by Gasteiger charge is -2.31. The number of nitrogens with one attached hydrogen (secondary N) is 1. The second-order valence-electron chi connectivity index (χ2n) is 5.19. The fourth-order valence-electron chi connectivity index (χ4n) is 2.28. The number of hydrogen-bond acceptors (Lipinski definition) is 1. The molecule has 0 saturated heterocycles. The Balaban J connectivity index is 1.68. The third kappa shape index (κ3) is 6.75. The predicted molar refractivity (Wildman–Crippen MR) is 73.3 cm³/mol. The Hall–Kier alpha value is 0.250. The Morgan fingerprint density at radius 3 is 2.06 bits per heavy atom. The van der Waals surface area contributed by atoms with Crippen molar-refractivity contribution < 1.29 is 0 Å². The zero-order valence-corrected chi connectivity index (χ0v) is 11.6. The van der Waals surface area contributed by atoms with Crippen molar-refractivity contribution in [1.82, 2.24) is 5.32 Å². The van der Waals surface area contributed by atoms with Gasteiger partial charge in [0.05, 0.1) is 0 Å². The molecule has 1 aliphatic carbocycles. The first-order valence-electron chi connectivity index (χ1n) is 7.20. The quantitative estimate of drug-likeness (QED) is 0.442. The van der Waals surface area contributed by atoms with Crippen molar-refractivity contribution in [3.8, 4) is 0 Å². The van der Waals surface area contributed by atoms with Crippen LogP contribution in [0.25, 0.3) is 0 Å². The average molecular weight is 246 g/mol.